The van der Waals surface area contributed by atoms with E-state index >= 15 is 0 Å². The Bertz CT molecular complexity index is 951. The van der Waals surface area contributed by atoms with Gasteiger partial charge in [-0.15, -0.1) is 0 Å². The fourth-order valence-corrected chi connectivity index (χ4v) is 4.07. The molecule has 0 unspecified atom stereocenters. The van der Waals surface area contributed by atoms with Gasteiger partial charge in [-0.3, -0.25) is 14.5 Å². The Morgan fingerprint density at radius 3 is 2.72 bits per heavy atom. The minimum Gasteiger partial charge on any atom is -0.440 e. The number of urea groups is 1. The summed E-state index contributed by atoms with van der Waals surface area (Å²) >= 11 is 6.01. The average Bonchev–Trinajstić information content (AvgIpc) is 3.23. The number of imide groups is 1. The number of oxazole rings is 1. The molecule has 1 aromatic heterocycles. The molecule has 0 saturated carbocycles. The summed E-state index contributed by atoms with van der Waals surface area (Å²) in [7, 11) is 1.60. The number of likely N-dealkylation sites (N-methyl/N-ethyl adjacent to an activating group) is 1. The first kappa shape index (κ1) is 19.7. The van der Waals surface area contributed by atoms with Crippen molar-refractivity contribution < 1.29 is 18.8 Å². The summed E-state index contributed by atoms with van der Waals surface area (Å²) < 4.78 is 5.86. The first-order valence-corrected chi connectivity index (χ1v) is 10.2. The number of rotatable bonds is 5. The van der Waals surface area contributed by atoms with Crippen LogP contribution in [0, 0.1) is 0 Å². The lowest BCUT2D eigenvalue weighted by atomic mass is 9.96. The molecule has 0 atom stereocenters. The van der Waals surface area contributed by atoms with Crippen LogP contribution in [0.2, 0.25) is 5.02 Å². The Balaban J connectivity index is 1.26. The highest BCUT2D eigenvalue weighted by Gasteiger charge is 2.33. The smallest absolute Gasteiger partial charge is 0.326 e. The van der Waals surface area contributed by atoms with E-state index in [1.165, 1.54) is 9.80 Å². The van der Waals surface area contributed by atoms with Gasteiger partial charge in [-0.25, -0.2) is 9.78 Å². The van der Waals surface area contributed by atoms with Crippen molar-refractivity contribution in [3.8, 4) is 0 Å². The minimum absolute atomic E-state index is 0.0558. The van der Waals surface area contributed by atoms with Gasteiger partial charge in [-0.05, 0) is 37.5 Å². The number of nitrogens with zero attached hydrogens (tertiary/aromatic N) is 4. The molecule has 2 saturated heterocycles. The van der Waals surface area contributed by atoms with Crippen LogP contribution in [-0.2, 0) is 9.59 Å². The summed E-state index contributed by atoms with van der Waals surface area (Å²) in [5, 5.41) is 0.627. The van der Waals surface area contributed by atoms with Gasteiger partial charge in [0.2, 0.25) is 11.8 Å². The number of likely N-dealkylation sites (tertiary alicyclic amines) is 1. The molecular formula is C20H23ClN4O4. The number of amides is 4. The standard InChI is InChI=1S/C20H23ClN4O4/c1-23-12-18(27)25(20(23)28)8-2-3-17(26)24-9-6-13(7-10-24)19-22-15-11-14(21)4-5-16(15)29-19/h4-5,11,13H,2-3,6-10,12H2,1H3. The van der Waals surface area contributed by atoms with E-state index in [0.29, 0.717) is 36.8 Å². The quantitative estimate of drug-likeness (QED) is 0.697. The monoisotopic (exact) mass is 418 g/mol. The molecule has 9 heteroatoms. The molecule has 0 N–H and O–H groups in total. The SMILES string of the molecule is CN1CC(=O)N(CCCC(=O)N2CCC(c3nc4cc(Cl)ccc4o3)CC2)C1=O. The Hall–Kier alpha value is -2.61. The van der Waals surface area contributed by atoms with E-state index in [4.69, 9.17) is 16.0 Å². The molecule has 4 amide bonds. The molecule has 8 nitrogen and oxygen atoms in total. The number of carbonyl (C=O) groups is 3. The molecule has 2 fully saturated rings. The van der Waals surface area contributed by atoms with Gasteiger partial charge < -0.3 is 14.2 Å². The third-order valence-electron chi connectivity index (χ3n) is 5.57. The Morgan fingerprint density at radius 2 is 2.03 bits per heavy atom. The number of halogens is 1. The molecule has 2 aliphatic heterocycles. The molecule has 4 rings (SSSR count). The highest BCUT2D eigenvalue weighted by Crippen LogP contribution is 2.31. The van der Waals surface area contributed by atoms with Crippen molar-refractivity contribution in [1.29, 1.82) is 0 Å². The maximum absolute atomic E-state index is 12.5. The lowest BCUT2D eigenvalue weighted by Crippen LogP contribution is -2.38. The fraction of sp³-hybridized carbons (Fsp3) is 0.500. The van der Waals surface area contributed by atoms with E-state index in [1.54, 1.807) is 19.2 Å². The van der Waals surface area contributed by atoms with Gasteiger partial charge in [0.1, 0.15) is 12.1 Å². The van der Waals surface area contributed by atoms with Gasteiger partial charge in [-0.2, -0.15) is 0 Å². The molecule has 3 heterocycles. The number of hydrogen-bond donors (Lipinski definition) is 0. The van der Waals surface area contributed by atoms with Gasteiger partial charge in [0.25, 0.3) is 0 Å². The van der Waals surface area contributed by atoms with Crippen molar-refractivity contribution in [2.75, 3.05) is 33.2 Å². The van der Waals surface area contributed by atoms with Crippen LogP contribution in [-0.4, -0.2) is 70.8 Å². The summed E-state index contributed by atoms with van der Waals surface area (Å²) in [4.78, 5) is 45.1. The fourth-order valence-electron chi connectivity index (χ4n) is 3.90. The molecule has 2 aliphatic rings. The van der Waals surface area contributed by atoms with Crippen LogP contribution < -0.4 is 0 Å². The molecular weight excluding hydrogens is 396 g/mol. The minimum atomic E-state index is -0.289. The maximum Gasteiger partial charge on any atom is 0.326 e. The first-order chi connectivity index (χ1) is 13.9. The molecule has 29 heavy (non-hydrogen) atoms. The lowest BCUT2D eigenvalue weighted by Gasteiger charge is -2.30. The highest BCUT2D eigenvalue weighted by atomic mass is 35.5. The Morgan fingerprint density at radius 1 is 1.28 bits per heavy atom. The summed E-state index contributed by atoms with van der Waals surface area (Å²) in [6, 6.07) is 5.10. The van der Waals surface area contributed by atoms with E-state index in [0.717, 1.165) is 23.9 Å². The largest absolute Gasteiger partial charge is 0.440 e. The number of hydrogen-bond acceptors (Lipinski definition) is 5. The molecule has 154 valence electrons. The van der Waals surface area contributed by atoms with Crippen molar-refractivity contribution in [2.45, 2.75) is 31.6 Å². The molecule has 0 spiro atoms. The van der Waals surface area contributed by atoms with Crippen LogP contribution in [0.15, 0.2) is 22.6 Å². The van der Waals surface area contributed by atoms with Crippen molar-refractivity contribution in [2.24, 2.45) is 0 Å². The predicted molar refractivity (Wildman–Crippen MR) is 107 cm³/mol. The van der Waals surface area contributed by atoms with Gasteiger partial charge in [0.15, 0.2) is 11.5 Å². The van der Waals surface area contributed by atoms with Gasteiger partial charge in [0.05, 0.1) is 0 Å². The lowest BCUT2D eigenvalue weighted by molar-refractivity contribution is -0.133. The molecule has 0 aliphatic carbocycles. The van der Waals surface area contributed by atoms with Crippen molar-refractivity contribution in [3.63, 3.8) is 0 Å². The summed E-state index contributed by atoms with van der Waals surface area (Å²) in [5.41, 5.74) is 1.47. The third kappa shape index (κ3) is 4.07. The van der Waals surface area contributed by atoms with E-state index in [-0.39, 0.29) is 36.9 Å². The van der Waals surface area contributed by atoms with E-state index in [9.17, 15) is 14.4 Å². The molecule has 0 bridgehead atoms. The molecule has 0 radical (unpaired) electrons. The number of fused-ring (bicyclic) bond motifs is 1. The summed E-state index contributed by atoms with van der Waals surface area (Å²) in [5.74, 6) is 0.732. The van der Waals surface area contributed by atoms with Crippen LogP contribution in [0.4, 0.5) is 4.79 Å². The zero-order valence-corrected chi connectivity index (χ0v) is 17.0. The number of aromatic nitrogens is 1. The van der Waals surface area contributed by atoms with Crippen molar-refractivity contribution in [3.05, 3.63) is 29.1 Å². The number of piperidine rings is 1. The van der Waals surface area contributed by atoms with Gasteiger partial charge in [0, 0.05) is 44.0 Å². The Labute approximate surface area is 173 Å². The molecule has 1 aromatic carbocycles. The summed E-state index contributed by atoms with van der Waals surface area (Å²) in [6.45, 7) is 1.69. The van der Waals surface area contributed by atoms with Crippen LogP contribution in [0.25, 0.3) is 11.1 Å². The first-order valence-electron chi connectivity index (χ1n) is 9.81. The summed E-state index contributed by atoms with van der Waals surface area (Å²) in [6.07, 6.45) is 2.39. The normalized spacial score (nSPS) is 18.3. The third-order valence-corrected chi connectivity index (χ3v) is 5.80. The zero-order chi connectivity index (χ0) is 20.5. The highest BCUT2D eigenvalue weighted by molar-refractivity contribution is 6.31. The van der Waals surface area contributed by atoms with E-state index in [2.05, 4.69) is 4.98 Å². The van der Waals surface area contributed by atoms with Crippen LogP contribution >= 0.6 is 11.6 Å². The predicted octanol–water partition coefficient (Wildman–Crippen LogP) is 2.86. The van der Waals surface area contributed by atoms with E-state index < -0.39 is 0 Å². The van der Waals surface area contributed by atoms with Gasteiger partial charge >= 0.3 is 6.03 Å². The second kappa shape index (κ2) is 8.02. The Kier molecular flexibility index (Phi) is 5.45. The van der Waals surface area contributed by atoms with Crippen molar-refractivity contribution >= 4 is 40.5 Å². The molecule has 2 aromatic rings. The van der Waals surface area contributed by atoms with Crippen molar-refractivity contribution in [1.82, 2.24) is 19.7 Å². The average molecular weight is 419 g/mol. The van der Waals surface area contributed by atoms with Crippen LogP contribution in [0.3, 0.4) is 0 Å². The number of carbonyl (C=O) groups excluding carboxylic acids is 3. The van der Waals surface area contributed by atoms with E-state index in [1.807, 2.05) is 11.0 Å². The second-order valence-corrected chi connectivity index (χ2v) is 8.04. The topological polar surface area (TPSA) is 87.0 Å². The van der Waals surface area contributed by atoms with Crippen LogP contribution in [0.1, 0.15) is 37.5 Å². The van der Waals surface area contributed by atoms with Crippen LogP contribution in [0.5, 0.6) is 0 Å². The zero-order valence-electron chi connectivity index (χ0n) is 16.3. The number of benzene rings is 1. The van der Waals surface area contributed by atoms with Gasteiger partial charge in [-0.1, -0.05) is 11.6 Å². The maximum atomic E-state index is 12.5. The second-order valence-electron chi connectivity index (χ2n) is 7.61.